The molecule has 0 radical (unpaired) electrons. The third kappa shape index (κ3) is 4.22. The number of hydrogen-bond acceptors (Lipinski definition) is 3. The average molecular weight is 251 g/mol. The SMILES string of the molecule is CCCCNCC(C)c1ccc(OC)c(OC)c1. The Morgan fingerprint density at radius 2 is 1.89 bits per heavy atom. The Morgan fingerprint density at radius 3 is 2.50 bits per heavy atom. The molecule has 3 nitrogen and oxygen atoms in total. The average Bonchev–Trinajstić information content (AvgIpc) is 2.42. The van der Waals surface area contributed by atoms with Gasteiger partial charge in [-0.3, -0.25) is 0 Å². The summed E-state index contributed by atoms with van der Waals surface area (Å²) < 4.78 is 10.6. The second kappa shape index (κ2) is 7.98. The number of hydrogen-bond donors (Lipinski definition) is 1. The van der Waals surface area contributed by atoms with E-state index in [-0.39, 0.29) is 0 Å². The van der Waals surface area contributed by atoms with E-state index in [0.29, 0.717) is 5.92 Å². The van der Waals surface area contributed by atoms with Gasteiger partial charge in [0.15, 0.2) is 11.5 Å². The summed E-state index contributed by atoms with van der Waals surface area (Å²) in [5, 5.41) is 3.48. The lowest BCUT2D eigenvalue weighted by molar-refractivity contribution is 0.354. The van der Waals surface area contributed by atoms with Gasteiger partial charge in [0.25, 0.3) is 0 Å². The highest BCUT2D eigenvalue weighted by atomic mass is 16.5. The van der Waals surface area contributed by atoms with Crippen molar-refractivity contribution in [2.45, 2.75) is 32.6 Å². The van der Waals surface area contributed by atoms with Gasteiger partial charge in [-0.2, -0.15) is 0 Å². The fraction of sp³-hybridized carbons (Fsp3) is 0.600. The van der Waals surface area contributed by atoms with Crippen LogP contribution in [0.25, 0.3) is 0 Å². The van der Waals surface area contributed by atoms with E-state index in [1.165, 1.54) is 18.4 Å². The summed E-state index contributed by atoms with van der Waals surface area (Å²) in [4.78, 5) is 0. The quantitative estimate of drug-likeness (QED) is 0.720. The minimum Gasteiger partial charge on any atom is -0.493 e. The van der Waals surface area contributed by atoms with Crippen LogP contribution in [0.2, 0.25) is 0 Å². The smallest absolute Gasteiger partial charge is 0.160 e. The molecule has 3 heteroatoms. The minimum atomic E-state index is 0.474. The van der Waals surface area contributed by atoms with E-state index in [2.05, 4.69) is 31.3 Å². The minimum absolute atomic E-state index is 0.474. The predicted octanol–water partition coefficient (Wildman–Crippen LogP) is 3.20. The topological polar surface area (TPSA) is 30.5 Å². The lowest BCUT2D eigenvalue weighted by Gasteiger charge is -2.15. The summed E-state index contributed by atoms with van der Waals surface area (Å²) in [6, 6.07) is 6.13. The monoisotopic (exact) mass is 251 g/mol. The maximum atomic E-state index is 5.32. The summed E-state index contributed by atoms with van der Waals surface area (Å²) in [7, 11) is 3.33. The first-order chi connectivity index (χ1) is 8.72. The van der Waals surface area contributed by atoms with E-state index in [4.69, 9.17) is 9.47 Å². The molecule has 0 aliphatic carbocycles. The Labute approximate surface area is 110 Å². The molecule has 0 amide bonds. The molecule has 0 bridgehead atoms. The van der Waals surface area contributed by atoms with Crippen molar-refractivity contribution >= 4 is 0 Å². The molecule has 1 unspecified atom stereocenters. The van der Waals surface area contributed by atoms with Crippen LogP contribution < -0.4 is 14.8 Å². The molecule has 0 aliphatic heterocycles. The number of nitrogens with one attached hydrogen (secondary N) is 1. The molecule has 0 fully saturated rings. The highest BCUT2D eigenvalue weighted by Gasteiger charge is 2.09. The van der Waals surface area contributed by atoms with E-state index >= 15 is 0 Å². The molecule has 1 rings (SSSR count). The first kappa shape index (κ1) is 14.8. The summed E-state index contributed by atoms with van der Waals surface area (Å²) in [6.07, 6.45) is 2.47. The highest BCUT2D eigenvalue weighted by molar-refractivity contribution is 5.43. The molecule has 0 heterocycles. The zero-order valence-corrected chi connectivity index (χ0v) is 12.0. The van der Waals surface area contributed by atoms with Crippen LogP contribution in [0.15, 0.2) is 18.2 Å². The normalized spacial score (nSPS) is 12.2. The number of rotatable bonds is 8. The number of unbranched alkanes of at least 4 members (excludes halogenated alkanes) is 1. The fourth-order valence-electron chi connectivity index (χ4n) is 1.90. The molecule has 0 saturated carbocycles. The molecule has 1 atom stereocenters. The maximum Gasteiger partial charge on any atom is 0.160 e. The molecule has 0 spiro atoms. The summed E-state index contributed by atoms with van der Waals surface area (Å²) >= 11 is 0. The van der Waals surface area contributed by atoms with Crippen LogP contribution in [0.3, 0.4) is 0 Å². The first-order valence-electron chi connectivity index (χ1n) is 6.65. The van der Waals surface area contributed by atoms with Crippen LogP contribution >= 0.6 is 0 Å². The van der Waals surface area contributed by atoms with Crippen LogP contribution in [0.4, 0.5) is 0 Å². The molecule has 1 N–H and O–H groups in total. The zero-order chi connectivity index (χ0) is 13.4. The van der Waals surface area contributed by atoms with Crippen molar-refractivity contribution in [1.29, 1.82) is 0 Å². The van der Waals surface area contributed by atoms with Gasteiger partial charge in [-0.15, -0.1) is 0 Å². The molecule has 0 aromatic heterocycles. The standard InChI is InChI=1S/C15H25NO2/c1-5-6-9-16-11-12(2)13-7-8-14(17-3)15(10-13)18-4/h7-8,10,12,16H,5-6,9,11H2,1-4H3. The number of ether oxygens (including phenoxy) is 2. The summed E-state index contributed by atoms with van der Waals surface area (Å²) in [6.45, 7) is 6.52. The Kier molecular flexibility index (Phi) is 6.58. The predicted molar refractivity (Wildman–Crippen MR) is 75.7 cm³/mol. The van der Waals surface area contributed by atoms with Crippen molar-refractivity contribution in [3.05, 3.63) is 23.8 Å². The van der Waals surface area contributed by atoms with E-state index in [0.717, 1.165) is 24.6 Å². The van der Waals surface area contributed by atoms with E-state index in [1.807, 2.05) is 6.07 Å². The van der Waals surface area contributed by atoms with Gasteiger partial charge >= 0.3 is 0 Å². The van der Waals surface area contributed by atoms with Crippen molar-refractivity contribution in [2.24, 2.45) is 0 Å². The Morgan fingerprint density at radius 1 is 1.17 bits per heavy atom. The zero-order valence-electron chi connectivity index (χ0n) is 12.0. The van der Waals surface area contributed by atoms with Crippen molar-refractivity contribution < 1.29 is 9.47 Å². The second-order valence-corrected chi connectivity index (χ2v) is 4.57. The first-order valence-corrected chi connectivity index (χ1v) is 6.65. The lowest BCUT2D eigenvalue weighted by atomic mass is 10.0. The Hall–Kier alpha value is -1.22. The molecule has 1 aromatic rings. The molecular weight excluding hydrogens is 226 g/mol. The van der Waals surface area contributed by atoms with Gasteiger partial charge in [-0.1, -0.05) is 26.3 Å². The van der Waals surface area contributed by atoms with Gasteiger partial charge in [0.1, 0.15) is 0 Å². The van der Waals surface area contributed by atoms with E-state index in [9.17, 15) is 0 Å². The summed E-state index contributed by atoms with van der Waals surface area (Å²) in [5.41, 5.74) is 1.27. The fourth-order valence-corrected chi connectivity index (χ4v) is 1.90. The van der Waals surface area contributed by atoms with Crippen molar-refractivity contribution in [3.8, 4) is 11.5 Å². The van der Waals surface area contributed by atoms with Crippen LogP contribution in [-0.4, -0.2) is 27.3 Å². The van der Waals surface area contributed by atoms with Crippen molar-refractivity contribution in [1.82, 2.24) is 5.32 Å². The summed E-state index contributed by atoms with van der Waals surface area (Å²) in [5.74, 6) is 2.06. The van der Waals surface area contributed by atoms with Crippen molar-refractivity contribution in [3.63, 3.8) is 0 Å². The van der Waals surface area contributed by atoms with Gasteiger partial charge in [-0.25, -0.2) is 0 Å². The van der Waals surface area contributed by atoms with Gasteiger partial charge in [0.2, 0.25) is 0 Å². The number of benzene rings is 1. The molecule has 0 aliphatic rings. The van der Waals surface area contributed by atoms with Crippen LogP contribution in [0.1, 0.15) is 38.2 Å². The molecular formula is C15H25NO2. The van der Waals surface area contributed by atoms with E-state index in [1.54, 1.807) is 14.2 Å². The Balaban J connectivity index is 2.59. The van der Waals surface area contributed by atoms with E-state index < -0.39 is 0 Å². The van der Waals surface area contributed by atoms with Crippen molar-refractivity contribution in [2.75, 3.05) is 27.3 Å². The third-order valence-corrected chi connectivity index (χ3v) is 3.13. The van der Waals surface area contributed by atoms with Gasteiger partial charge in [-0.05, 0) is 36.6 Å². The van der Waals surface area contributed by atoms with Crippen LogP contribution in [0.5, 0.6) is 11.5 Å². The van der Waals surface area contributed by atoms with Crippen LogP contribution in [0, 0.1) is 0 Å². The lowest BCUT2D eigenvalue weighted by Crippen LogP contribution is -2.21. The largest absolute Gasteiger partial charge is 0.493 e. The maximum absolute atomic E-state index is 5.32. The van der Waals surface area contributed by atoms with Gasteiger partial charge in [0, 0.05) is 6.54 Å². The molecule has 1 aromatic carbocycles. The van der Waals surface area contributed by atoms with Crippen LogP contribution in [-0.2, 0) is 0 Å². The number of methoxy groups -OCH3 is 2. The second-order valence-electron chi connectivity index (χ2n) is 4.57. The molecule has 0 saturated heterocycles. The van der Waals surface area contributed by atoms with Gasteiger partial charge in [0.05, 0.1) is 14.2 Å². The van der Waals surface area contributed by atoms with Gasteiger partial charge < -0.3 is 14.8 Å². The third-order valence-electron chi connectivity index (χ3n) is 3.13. The molecule has 102 valence electrons. The Bertz CT molecular complexity index is 352. The molecule has 18 heavy (non-hydrogen) atoms. The highest BCUT2D eigenvalue weighted by Crippen LogP contribution is 2.30.